The van der Waals surface area contributed by atoms with E-state index >= 15 is 0 Å². The van der Waals surface area contributed by atoms with Crippen LogP contribution in [0.2, 0.25) is 0 Å². The van der Waals surface area contributed by atoms with Crippen molar-refractivity contribution in [1.29, 1.82) is 0 Å². The highest BCUT2D eigenvalue weighted by Crippen LogP contribution is 2.14. The lowest BCUT2D eigenvalue weighted by molar-refractivity contribution is -0.124. The first-order chi connectivity index (χ1) is 15.3. The van der Waals surface area contributed by atoms with Gasteiger partial charge in [-0.25, -0.2) is 4.39 Å². The molecular weight excluding hydrogens is 409 g/mol. The van der Waals surface area contributed by atoms with Gasteiger partial charge >= 0.3 is 0 Å². The molecule has 0 saturated carbocycles. The number of carbonyl (C=O) groups excluding carboxylic acids is 2. The molecule has 1 saturated heterocycles. The van der Waals surface area contributed by atoms with Gasteiger partial charge < -0.3 is 15.7 Å². The van der Waals surface area contributed by atoms with Crippen LogP contribution in [0.25, 0.3) is 0 Å². The quantitative estimate of drug-likeness (QED) is 0.588. The molecule has 1 aliphatic heterocycles. The van der Waals surface area contributed by atoms with Crippen LogP contribution in [-0.2, 0) is 17.9 Å². The highest BCUT2D eigenvalue weighted by atomic mass is 19.1. The third-order valence-electron chi connectivity index (χ3n) is 5.80. The van der Waals surface area contributed by atoms with E-state index in [2.05, 4.69) is 27.7 Å². The van der Waals surface area contributed by atoms with Crippen LogP contribution in [0.1, 0.15) is 48.2 Å². The maximum atomic E-state index is 13.1. The van der Waals surface area contributed by atoms with Gasteiger partial charge in [-0.15, -0.1) is 0 Å². The highest BCUT2D eigenvalue weighted by Gasteiger charge is 2.24. The van der Waals surface area contributed by atoms with E-state index in [1.165, 1.54) is 29.8 Å². The molecule has 1 unspecified atom stereocenters. The minimum Gasteiger partial charge on any atom is -0.393 e. The summed E-state index contributed by atoms with van der Waals surface area (Å²) >= 11 is 0. The topological polar surface area (TPSA) is 81.7 Å². The molecule has 2 aromatic carbocycles. The number of aliphatic hydroxyl groups excluding tert-OH is 1. The second-order valence-corrected chi connectivity index (χ2v) is 8.74. The first-order valence-corrected chi connectivity index (χ1v) is 11.1. The Morgan fingerprint density at radius 1 is 1.03 bits per heavy atom. The van der Waals surface area contributed by atoms with Gasteiger partial charge in [0.25, 0.3) is 5.91 Å². The number of piperidine rings is 1. The van der Waals surface area contributed by atoms with Crippen molar-refractivity contribution < 1.29 is 19.1 Å². The van der Waals surface area contributed by atoms with Crippen LogP contribution in [0.4, 0.5) is 4.39 Å². The highest BCUT2D eigenvalue weighted by molar-refractivity contribution is 5.97. The van der Waals surface area contributed by atoms with Crippen molar-refractivity contribution in [2.75, 3.05) is 13.1 Å². The van der Waals surface area contributed by atoms with E-state index in [0.29, 0.717) is 12.1 Å². The van der Waals surface area contributed by atoms with E-state index in [-0.39, 0.29) is 17.9 Å². The monoisotopic (exact) mass is 441 g/mol. The number of carbonyl (C=O) groups is 2. The Bertz CT molecular complexity index is 892. The first kappa shape index (κ1) is 23.9. The molecule has 1 fully saturated rings. The second kappa shape index (κ2) is 11.2. The fourth-order valence-corrected chi connectivity index (χ4v) is 3.76. The SMILES string of the molecule is CC(C)C(NC(=O)c1ccc(F)cc1)C(=O)NCc1ccc(CN2CCC(O)CC2)cc1. The van der Waals surface area contributed by atoms with E-state index in [1.54, 1.807) is 0 Å². The van der Waals surface area contributed by atoms with Gasteiger partial charge in [0.1, 0.15) is 11.9 Å². The number of amides is 2. The third kappa shape index (κ3) is 6.87. The zero-order valence-corrected chi connectivity index (χ0v) is 18.7. The average Bonchev–Trinajstić information content (AvgIpc) is 2.78. The van der Waals surface area contributed by atoms with Gasteiger partial charge in [-0.3, -0.25) is 14.5 Å². The Morgan fingerprint density at radius 3 is 2.22 bits per heavy atom. The minimum absolute atomic E-state index is 0.107. The summed E-state index contributed by atoms with van der Waals surface area (Å²) in [6.07, 6.45) is 1.46. The smallest absolute Gasteiger partial charge is 0.251 e. The predicted molar refractivity (Wildman–Crippen MR) is 121 cm³/mol. The number of likely N-dealkylation sites (tertiary alicyclic amines) is 1. The lowest BCUT2D eigenvalue weighted by Crippen LogP contribution is -2.49. The summed E-state index contributed by atoms with van der Waals surface area (Å²) in [5.74, 6) is -1.19. The molecule has 3 N–H and O–H groups in total. The molecule has 6 nitrogen and oxygen atoms in total. The van der Waals surface area contributed by atoms with Crippen LogP contribution < -0.4 is 10.6 Å². The molecule has 2 amide bonds. The number of halogens is 1. The lowest BCUT2D eigenvalue weighted by atomic mass is 10.0. The Hall–Kier alpha value is -2.77. The van der Waals surface area contributed by atoms with E-state index in [9.17, 15) is 19.1 Å². The van der Waals surface area contributed by atoms with Crippen LogP contribution >= 0.6 is 0 Å². The van der Waals surface area contributed by atoms with E-state index in [4.69, 9.17) is 0 Å². The molecule has 0 aliphatic carbocycles. The van der Waals surface area contributed by atoms with Crippen LogP contribution in [0.3, 0.4) is 0 Å². The van der Waals surface area contributed by atoms with E-state index in [1.807, 2.05) is 26.0 Å². The van der Waals surface area contributed by atoms with Crippen LogP contribution in [-0.4, -0.2) is 47.1 Å². The predicted octanol–water partition coefficient (Wildman–Crippen LogP) is 2.85. The zero-order valence-electron chi connectivity index (χ0n) is 18.7. The van der Waals surface area contributed by atoms with Crippen molar-refractivity contribution in [3.63, 3.8) is 0 Å². The van der Waals surface area contributed by atoms with E-state index < -0.39 is 17.8 Å². The summed E-state index contributed by atoms with van der Waals surface area (Å²) in [4.78, 5) is 27.5. The summed E-state index contributed by atoms with van der Waals surface area (Å²) < 4.78 is 13.1. The van der Waals surface area contributed by atoms with Gasteiger partial charge in [0.15, 0.2) is 0 Å². The zero-order chi connectivity index (χ0) is 23.1. The molecule has 1 atom stereocenters. The number of hydrogen-bond donors (Lipinski definition) is 3. The maximum absolute atomic E-state index is 13.1. The van der Waals surface area contributed by atoms with Crippen LogP contribution in [0, 0.1) is 11.7 Å². The standard InChI is InChI=1S/C25H32FN3O3/c1-17(2)23(28-24(31)20-7-9-21(26)10-8-20)25(32)27-15-18-3-5-19(6-4-18)16-29-13-11-22(30)12-14-29/h3-10,17,22-23,30H,11-16H2,1-2H3,(H,27,32)(H,28,31). The fraction of sp³-hybridized carbons (Fsp3) is 0.440. The molecule has 3 rings (SSSR count). The lowest BCUT2D eigenvalue weighted by Gasteiger charge is -2.29. The Balaban J connectivity index is 1.51. The van der Waals surface area contributed by atoms with E-state index in [0.717, 1.165) is 38.0 Å². The summed E-state index contributed by atoms with van der Waals surface area (Å²) in [6.45, 7) is 6.75. The molecular formula is C25H32FN3O3. The molecule has 0 bridgehead atoms. The first-order valence-electron chi connectivity index (χ1n) is 11.1. The van der Waals surface area contributed by atoms with Gasteiger partial charge in [0, 0.05) is 31.7 Å². The molecule has 0 radical (unpaired) electrons. The normalized spacial score (nSPS) is 16.0. The van der Waals surface area contributed by atoms with Gasteiger partial charge in [-0.1, -0.05) is 38.1 Å². The summed E-state index contributed by atoms with van der Waals surface area (Å²) in [5.41, 5.74) is 2.48. The number of nitrogens with one attached hydrogen (secondary N) is 2. The van der Waals surface area contributed by atoms with Gasteiger partial charge in [-0.2, -0.15) is 0 Å². The number of aliphatic hydroxyl groups is 1. The molecule has 32 heavy (non-hydrogen) atoms. The molecule has 0 aromatic heterocycles. The van der Waals surface area contributed by atoms with Crippen molar-refractivity contribution >= 4 is 11.8 Å². The van der Waals surface area contributed by atoms with Crippen molar-refractivity contribution in [3.05, 3.63) is 71.0 Å². The van der Waals surface area contributed by atoms with Crippen molar-refractivity contribution in [3.8, 4) is 0 Å². The molecule has 7 heteroatoms. The number of hydrogen-bond acceptors (Lipinski definition) is 4. The van der Waals surface area contributed by atoms with Gasteiger partial charge in [0.05, 0.1) is 6.10 Å². The Kier molecular flexibility index (Phi) is 8.36. The van der Waals surface area contributed by atoms with Crippen molar-refractivity contribution in [2.24, 2.45) is 5.92 Å². The minimum atomic E-state index is -0.693. The third-order valence-corrected chi connectivity index (χ3v) is 5.80. The molecule has 2 aromatic rings. The van der Waals surface area contributed by atoms with Gasteiger partial charge in [-0.05, 0) is 54.2 Å². The van der Waals surface area contributed by atoms with Crippen molar-refractivity contribution in [2.45, 2.75) is 51.9 Å². The average molecular weight is 442 g/mol. The Morgan fingerprint density at radius 2 is 1.62 bits per heavy atom. The van der Waals surface area contributed by atoms with Crippen LogP contribution in [0.15, 0.2) is 48.5 Å². The molecule has 172 valence electrons. The second-order valence-electron chi connectivity index (χ2n) is 8.74. The summed E-state index contributed by atoms with van der Waals surface area (Å²) in [6, 6.07) is 12.6. The van der Waals surface area contributed by atoms with Crippen molar-refractivity contribution in [1.82, 2.24) is 15.5 Å². The Labute approximate surface area is 188 Å². The number of nitrogens with zero attached hydrogens (tertiary/aromatic N) is 1. The summed E-state index contributed by atoms with van der Waals surface area (Å²) in [7, 11) is 0. The fourth-order valence-electron chi connectivity index (χ4n) is 3.76. The number of rotatable bonds is 8. The number of benzene rings is 2. The maximum Gasteiger partial charge on any atom is 0.251 e. The van der Waals surface area contributed by atoms with Crippen LogP contribution in [0.5, 0.6) is 0 Å². The summed E-state index contributed by atoms with van der Waals surface area (Å²) in [5, 5.41) is 15.3. The molecule has 1 aliphatic rings. The van der Waals surface area contributed by atoms with Gasteiger partial charge in [0.2, 0.25) is 5.91 Å². The largest absolute Gasteiger partial charge is 0.393 e. The molecule has 1 heterocycles. The molecule has 0 spiro atoms.